The highest BCUT2D eigenvalue weighted by atomic mass is 16.3. The Morgan fingerprint density at radius 2 is 1.95 bits per heavy atom. The molecule has 1 amide bonds. The van der Waals surface area contributed by atoms with Gasteiger partial charge in [0.05, 0.1) is 5.60 Å². The summed E-state index contributed by atoms with van der Waals surface area (Å²) in [6.07, 6.45) is 0. The molecule has 1 N–H and O–H groups in total. The van der Waals surface area contributed by atoms with Gasteiger partial charge in [0.1, 0.15) is 5.69 Å². The molecule has 0 bridgehead atoms. The van der Waals surface area contributed by atoms with Gasteiger partial charge in [-0.3, -0.25) is 9.69 Å². The lowest BCUT2D eigenvalue weighted by Gasteiger charge is -2.37. The second kappa shape index (κ2) is 5.89. The summed E-state index contributed by atoms with van der Waals surface area (Å²) in [4.78, 5) is 20.6. The zero-order chi connectivity index (χ0) is 14.8. The number of pyridine rings is 1. The molecule has 1 aliphatic heterocycles. The average Bonchev–Trinajstić information content (AvgIpc) is 2.37. The summed E-state index contributed by atoms with van der Waals surface area (Å²) in [7, 11) is 0. The second-order valence-corrected chi connectivity index (χ2v) is 6.04. The van der Waals surface area contributed by atoms with Crippen LogP contribution in [-0.4, -0.2) is 64.1 Å². The molecule has 1 aliphatic rings. The Morgan fingerprint density at radius 3 is 2.50 bits per heavy atom. The first kappa shape index (κ1) is 14.9. The van der Waals surface area contributed by atoms with Gasteiger partial charge in [-0.2, -0.15) is 0 Å². The molecule has 2 rings (SSSR count). The summed E-state index contributed by atoms with van der Waals surface area (Å²) in [6.45, 7) is 9.09. The Bertz CT molecular complexity index is 474. The molecule has 0 spiro atoms. The molecule has 110 valence electrons. The Balaban J connectivity index is 1.92. The minimum atomic E-state index is -0.690. The van der Waals surface area contributed by atoms with Crippen LogP contribution in [0.3, 0.4) is 0 Å². The number of hydrogen-bond acceptors (Lipinski definition) is 4. The molecule has 1 saturated heterocycles. The minimum absolute atomic E-state index is 0.00314. The molecular weight excluding hydrogens is 254 g/mol. The van der Waals surface area contributed by atoms with Crippen LogP contribution >= 0.6 is 0 Å². The van der Waals surface area contributed by atoms with Gasteiger partial charge in [0.25, 0.3) is 5.91 Å². The van der Waals surface area contributed by atoms with Gasteiger partial charge in [-0.15, -0.1) is 0 Å². The van der Waals surface area contributed by atoms with Crippen LogP contribution in [0.15, 0.2) is 18.2 Å². The van der Waals surface area contributed by atoms with Crippen LogP contribution in [0.5, 0.6) is 0 Å². The highest BCUT2D eigenvalue weighted by Crippen LogP contribution is 2.11. The third-order valence-corrected chi connectivity index (χ3v) is 3.38. The third-order valence-electron chi connectivity index (χ3n) is 3.38. The number of carbonyl (C=O) groups excluding carboxylic acids is 1. The van der Waals surface area contributed by atoms with E-state index in [1.807, 2.05) is 24.0 Å². The van der Waals surface area contributed by atoms with E-state index in [1.165, 1.54) is 0 Å². The quantitative estimate of drug-likeness (QED) is 0.892. The molecule has 0 unspecified atom stereocenters. The lowest BCUT2D eigenvalue weighted by Crippen LogP contribution is -2.52. The van der Waals surface area contributed by atoms with E-state index in [0.29, 0.717) is 25.3 Å². The Kier molecular flexibility index (Phi) is 4.40. The smallest absolute Gasteiger partial charge is 0.272 e. The van der Waals surface area contributed by atoms with Crippen LogP contribution in [0.2, 0.25) is 0 Å². The Labute approximate surface area is 120 Å². The second-order valence-electron chi connectivity index (χ2n) is 6.04. The van der Waals surface area contributed by atoms with Crippen molar-refractivity contribution < 1.29 is 9.90 Å². The van der Waals surface area contributed by atoms with Crippen molar-refractivity contribution in [1.82, 2.24) is 14.8 Å². The van der Waals surface area contributed by atoms with E-state index in [4.69, 9.17) is 0 Å². The molecule has 20 heavy (non-hydrogen) atoms. The molecular formula is C15H23N3O2. The van der Waals surface area contributed by atoms with E-state index in [9.17, 15) is 9.90 Å². The highest BCUT2D eigenvalue weighted by Gasteiger charge is 2.25. The summed E-state index contributed by atoms with van der Waals surface area (Å²) >= 11 is 0. The molecule has 0 saturated carbocycles. The molecule has 0 atom stereocenters. The van der Waals surface area contributed by atoms with Gasteiger partial charge in [-0.05, 0) is 32.9 Å². The zero-order valence-electron chi connectivity index (χ0n) is 12.5. The van der Waals surface area contributed by atoms with Gasteiger partial charge in [0.15, 0.2) is 0 Å². The topological polar surface area (TPSA) is 56.7 Å². The number of carbonyl (C=O) groups is 1. The SMILES string of the molecule is Cc1cccc(C(=O)N2CCN(CC(C)(C)O)CC2)n1. The van der Waals surface area contributed by atoms with Gasteiger partial charge in [0, 0.05) is 38.4 Å². The Morgan fingerprint density at radius 1 is 1.30 bits per heavy atom. The van der Waals surface area contributed by atoms with Crippen molar-refractivity contribution in [1.29, 1.82) is 0 Å². The van der Waals surface area contributed by atoms with Crippen LogP contribution in [0.1, 0.15) is 30.0 Å². The van der Waals surface area contributed by atoms with Crippen molar-refractivity contribution in [2.24, 2.45) is 0 Å². The lowest BCUT2D eigenvalue weighted by molar-refractivity contribution is 0.0177. The molecule has 2 heterocycles. The maximum absolute atomic E-state index is 12.3. The van der Waals surface area contributed by atoms with E-state index in [-0.39, 0.29) is 5.91 Å². The van der Waals surface area contributed by atoms with Gasteiger partial charge >= 0.3 is 0 Å². The molecule has 5 nitrogen and oxygen atoms in total. The number of piperazine rings is 1. The van der Waals surface area contributed by atoms with Crippen LogP contribution in [0.25, 0.3) is 0 Å². The van der Waals surface area contributed by atoms with Crippen molar-refractivity contribution in [3.63, 3.8) is 0 Å². The lowest BCUT2D eigenvalue weighted by atomic mass is 10.1. The van der Waals surface area contributed by atoms with Gasteiger partial charge in [-0.1, -0.05) is 6.07 Å². The maximum atomic E-state index is 12.3. The molecule has 1 fully saturated rings. The van der Waals surface area contributed by atoms with Crippen LogP contribution in [-0.2, 0) is 0 Å². The fraction of sp³-hybridized carbons (Fsp3) is 0.600. The fourth-order valence-electron chi connectivity index (χ4n) is 2.48. The van der Waals surface area contributed by atoms with Crippen molar-refractivity contribution >= 4 is 5.91 Å². The first-order valence-electron chi connectivity index (χ1n) is 7.03. The molecule has 0 radical (unpaired) electrons. The van der Waals surface area contributed by atoms with Crippen LogP contribution in [0.4, 0.5) is 0 Å². The Hall–Kier alpha value is -1.46. The molecule has 0 aliphatic carbocycles. The largest absolute Gasteiger partial charge is 0.389 e. The third kappa shape index (κ3) is 4.02. The number of nitrogens with zero attached hydrogens (tertiary/aromatic N) is 3. The van der Waals surface area contributed by atoms with Gasteiger partial charge < -0.3 is 10.0 Å². The van der Waals surface area contributed by atoms with Crippen molar-refractivity contribution in [2.75, 3.05) is 32.7 Å². The van der Waals surface area contributed by atoms with Gasteiger partial charge in [0.2, 0.25) is 0 Å². The molecule has 5 heteroatoms. The molecule has 0 aromatic carbocycles. The first-order chi connectivity index (χ1) is 9.35. The number of hydrogen-bond donors (Lipinski definition) is 1. The number of aryl methyl sites for hydroxylation is 1. The minimum Gasteiger partial charge on any atom is -0.389 e. The van der Waals surface area contributed by atoms with E-state index in [0.717, 1.165) is 18.8 Å². The zero-order valence-corrected chi connectivity index (χ0v) is 12.5. The number of β-amino-alcohol motifs (C(OH)–C–C–N with tert-alkyl or cyclic N) is 1. The molecule has 1 aromatic heterocycles. The average molecular weight is 277 g/mol. The maximum Gasteiger partial charge on any atom is 0.272 e. The standard InChI is InChI=1S/C15H23N3O2/c1-12-5-4-6-13(16-12)14(19)18-9-7-17(8-10-18)11-15(2,3)20/h4-6,20H,7-11H2,1-3H3. The van der Waals surface area contributed by atoms with Crippen LogP contribution < -0.4 is 0 Å². The number of aromatic nitrogens is 1. The van der Waals surface area contributed by atoms with Crippen molar-refractivity contribution in [3.05, 3.63) is 29.6 Å². The van der Waals surface area contributed by atoms with E-state index >= 15 is 0 Å². The number of aliphatic hydroxyl groups is 1. The monoisotopic (exact) mass is 277 g/mol. The van der Waals surface area contributed by atoms with E-state index in [2.05, 4.69) is 9.88 Å². The van der Waals surface area contributed by atoms with Gasteiger partial charge in [-0.25, -0.2) is 4.98 Å². The summed E-state index contributed by atoms with van der Waals surface area (Å²) in [5, 5.41) is 9.82. The summed E-state index contributed by atoms with van der Waals surface area (Å²) in [6, 6.07) is 5.51. The number of rotatable bonds is 3. The van der Waals surface area contributed by atoms with Crippen molar-refractivity contribution in [2.45, 2.75) is 26.4 Å². The van der Waals surface area contributed by atoms with Crippen molar-refractivity contribution in [3.8, 4) is 0 Å². The molecule has 1 aromatic rings. The van der Waals surface area contributed by atoms with E-state index < -0.39 is 5.60 Å². The predicted octanol–water partition coefficient (Wildman–Crippen LogP) is 0.919. The normalized spacial score (nSPS) is 17.3. The predicted molar refractivity (Wildman–Crippen MR) is 77.6 cm³/mol. The van der Waals surface area contributed by atoms with Crippen LogP contribution in [0, 0.1) is 6.92 Å². The van der Waals surface area contributed by atoms with E-state index in [1.54, 1.807) is 19.9 Å². The summed E-state index contributed by atoms with van der Waals surface area (Å²) in [5.41, 5.74) is 0.682. The fourth-order valence-corrected chi connectivity index (χ4v) is 2.48. The number of amides is 1. The first-order valence-corrected chi connectivity index (χ1v) is 7.03. The summed E-state index contributed by atoms with van der Waals surface area (Å²) < 4.78 is 0. The summed E-state index contributed by atoms with van der Waals surface area (Å²) in [5.74, 6) is -0.00314. The highest BCUT2D eigenvalue weighted by molar-refractivity contribution is 5.92.